The van der Waals surface area contributed by atoms with Crippen LogP contribution in [0.2, 0.25) is 10.0 Å². The highest BCUT2D eigenvalue weighted by Crippen LogP contribution is 2.42. The number of rotatable bonds is 6. The normalized spacial score (nSPS) is 15.4. The van der Waals surface area contributed by atoms with Gasteiger partial charge in [0.15, 0.2) is 11.3 Å². The van der Waals surface area contributed by atoms with Crippen LogP contribution in [0.25, 0.3) is 5.83 Å². The van der Waals surface area contributed by atoms with Crippen LogP contribution in [0.5, 0.6) is 0 Å². The van der Waals surface area contributed by atoms with E-state index < -0.39 is 69.9 Å². The minimum atomic E-state index is -5.65. The molecule has 0 aliphatic rings. The highest BCUT2D eigenvalue weighted by molar-refractivity contribution is 6.34. The number of carbonyl (C=O) groups is 2. The number of Topliss-reactive ketones (excluding diaryl/α,β-unsaturated/α-hetero) is 1. The van der Waals surface area contributed by atoms with Crippen LogP contribution in [0, 0.1) is 0 Å². The zero-order chi connectivity index (χ0) is 30.1. The Morgan fingerprint density at radius 2 is 1.46 bits per heavy atom. The van der Waals surface area contributed by atoms with Gasteiger partial charge in [0.05, 0.1) is 5.56 Å². The molecule has 0 saturated carbocycles. The minimum Gasteiger partial charge on any atom is -0.316 e. The first kappa shape index (κ1) is 32.2. The molecule has 0 heterocycles. The fourth-order valence-electron chi connectivity index (χ4n) is 3.29. The number of nitrogens with two attached hydrogens (primary N) is 1. The Balaban J connectivity index is 2.70. The summed E-state index contributed by atoms with van der Waals surface area (Å²) < 4.78 is 138. The smallest absolute Gasteiger partial charge is 0.316 e. The molecule has 5 nitrogen and oxygen atoms in total. The Hall–Kier alpha value is -3.04. The highest BCUT2D eigenvalue weighted by Gasteiger charge is 2.59. The third-order valence-electron chi connectivity index (χ3n) is 5.27. The predicted molar refractivity (Wildman–Crippen MR) is 120 cm³/mol. The van der Waals surface area contributed by atoms with Crippen molar-refractivity contribution in [2.45, 2.75) is 36.9 Å². The molecule has 214 valence electrons. The van der Waals surface area contributed by atoms with Crippen LogP contribution in [-0.4, -0.2) is 29.7 Å². The summed E-state index contributed by atoms with van der Waals surface area (Å²) in [6, 6.07) is 1.25. The molecular formula is C22H15Cl2F10N3O2. The Kier molecular flexibility index (Phi) is 9.25. The number of hydrogen-bond acceptors (Lipinski definition) is 3. The average Bonchev–Trinajstić information content (AvgIpc) is 2.78. The molecule has 0 aliphatic heterocycles. The van der Waals surface area contributed by atoms with Gasteiger partial charge in [0, 0.05) is 21.2 Å². The Morgan fingerprint density at radius 3 is 1.90 bits per heavy atom. The van der Waals surface area contributed by atoms with Crippen LogP contribution in [0.4, 0.5) is 48.7 Å². The predicted octanol–water partition coefficient (Wildman–Crippen LogP) is 7.35. The number of nitrogens with one attached hydrogen (secondary N) is 2. The number of hydrogen-bond donors (Lipinski definition) is 3. The van der Waals surface area contributed by atoms with Crippen LogP contribution in [0.15, 0.2) is 42.5 Å². The Labute approximate surface area is 222 Å². The van der Waals surface area contributed by atoms with Crippen LogP contribution < -0.4 is 16.6 Å². The quantitative estimate of drug-likeness (QED) is 0.105. The first-order chi connectivity index (χ1) is 17.6. The third-order valence-corrected chi connectivity index (χ3v) is 5.71. The topological polar surface area (TPSA) is 84.2 Å². The first-order valence-electron chi connectivity index (χ1n) is 10.1. The molecule has 2 rings (SSSR count). The van der Waals surface area contributed by atoms with Gasteiger partial charge in [0.25, 0.3) is 0 Å². The summed E-state index contributed by atoms with van der Waals surface area (Å²) in [5.74, 6) is -2.25. The maximum absolute atomic E-state index is 14.9. The maximum Gasteiger partial charge on any atom is 0.418 e. The first-order valence-corrected chi connectivity index (χ1v) is 10.9. The van der Waals surface area contributed by atoms with Gasteiger partial charge in [-0.2, -0.15) is 39.5 Å². The second kappa shape index (κ2) is 11.2. The van der Waals surface area contributed by atoms with E-state index in [1.807, 2.05) is 0 Å². The van der Waals surface area contributed by atoms with Crippen molar-refractivity contribution in [2.75, 3.05) is 0 Å². The van der Waals surface area contributed by atoms with Gasteiger partial charge in [-0.3, -0.25) is 10.2 Å². The van der Waals surface area contributed by atoms with E-state index in [9.17, 15) is 53.5 Å². The number of benzene rings is 2. The molecule has 2 unspecified atom stereocenters. The highest BCUT2D eigenvalue weighted by atomic mass is 35.5. The van der Waals surface area contributed by atoms with Gasteiger partial charge in [-0.1, -0.05) is 29.3 Å². The maximum atomic E-state index is 14.9. The van der Waals surface area contributed by atoms with Crippen molar-refractivity contribution in [3.8, 4) is 0 Å². The lowest BCUT2D eigenvalue weighted by molar-refractivity contribution is -0.172. The number of carbonyl (C=O) groups excluding carboxylic acids is 2. The number of ketones is 1. The standard InChI is InChI=1S/C22H15Cl2F10N3O2/c1-19(22(32,33)34,36-18(39)37-35)17(38)13-3-2-9(6-15(13)21(29,30)31)16(25)8-14(20(26,27)28)10-4-11(23)7-12(24)5-10/h2-8,14H,35H2,1H3,(H2,36,37,39)/b16-8-. The van der Waals surface area contributed by atoms with Crippen LogP contribution in [0.3, 0.4) is 0 Å². The van der Waals surface area contributed by atoms with Crippen molar-refractivity contribution in [3.63, 3.8) is 0 Å². The van der Waals surface area contributed by atoms with E-state index in [0.717, 1.165) is 23.5 Å². The van der Waals surface area contributed by atoms with E-state index in [0.29, 0.717) is 6.07 Å². The number of amides is 2. The molecule has 0 aromatic heterocycles. The molecule has 2 atom stereocenters. The SMILES string of the molecule is CC(NC(=O)NN)(C(=O)c1ccc(/C(F)=C/C(c2cc(Cl)cc(Cl)c2)C(F)(F)F)cc1C(F)(F)F)C(F)(F)F. The number of allylic oxidation sites excluding steroid dienone is 1. The Morgan fingerprint density at radius 1 is 0.923 bits per heavy atom. The zero-order valence-corrected chi connectivity index (χ0v) is 20.6. The summed E-state index contributed by atoms with van der Waals surface area (Å²) >= 11 is 11.4. The molecule has 0 fully saturated rings. The zero-order valence-electron chi connectivity index (χ0n) is 19.0. The summed E-state index contributed by atoms with van der Waals surface area (Å²) in [6.45, 7) is 0.0587. The number of hydrazine groups is 1. The molecule has 2 aromatic rings. The van der Waals surface area contributed by atoms with E-state index >= 15 is 0 Å². The molecule has 0 saturated heterocycles. The Bertz CT molecular complexity index is 1270. The second-order valence-electron chi connectivity index (χ2n) is 8.05. The van der Waals surface area contributed by atoms with Gasteiger partial charge in [0.2, 0.25) is 0 Å². The molecular weight excluding hydrogens is 599 g/mol. The fourth-order valence-corrected chi connectivity index (χ4v) is 3.83. The molecule has 0 aliphatic carbocycles. The van der Waals surface area contributed by atoms with Crippen molar-refractivity contribution in [1.82, 2.24) is 10.7 Å². The van der Waals surface area contributed by atoms with Crippen molar-refractivity contribution in [3.05, 3.63) is 74.8 Å². The summed E-state index contributed by atoms with van der Waals surface area (Å²) in [7, 11) is 0. The van der Waals surface area contributed by atoms with Gasteiger partial charge in [0.1, 0.15) is 11.7 Å². The number of alkyl halides is 9. The molecule has 39 heavy (non-hydrogen) atoms. The van der Waals surface area contributed by atoms with Crippen molar-refractivity contribution in [2.24, 2.45) is 5.84 Å². The lowest BCUT2D eigenvalue weighted by Gasteiger charge is -2.32. The van der Waals surface area contributed by atoms with Gasteiger partial charge in [-0.05, 0) is 48.9 Å². The minimum absolute atomic E-state index is 0.0587. The molecule has 2 aromatic carbocycles. The molecule has 17 heteroatoms. The summed E-state index contributed by atoms with van der Waals surface area (Å²) in [5.41, 5.74) is -8.31. The van der Waals surface area contributed by atoms with E-state index in [2.05, 4.69) is 5.84 Å². The monoisotopic (exact) mass is 613 g/mol. The summed E-state index contributed by atoms with van der Waals surface area (Å²) in [4.78, 5) is 24.1. The summed E-state index contributed by atoms with van der Waals surface area (Å²) in [6.07, 6.45) is -16.5. The van der Waals surface area contributed by atoms with Gasteiger partial charge in [-0.25, -0.2) is 15.0 Å². The second-order valence-corrected chi connectivity index (χ2v) is 8.92. The van der Waals surface area contributed by atoms with Crippen LogP contribution in [0.1, 0.15) is 39.9 Å². The van der Waals surface area contributed by atoms with Gasteiger partial charge >= 0.3 is 24.6 Å². The molecule has 0 spiro atoms. The van der Waals surface area contributed by atoms with Crippen molar-refractivity contribution < 1.29 is 53.5 Å². The van der Waals surface area contributed by atoms with Crippen molar-refractivity contribution >= 4 is 40.8 Å². The van der Waals surface area contributed by atoms with Gasteiger partial charge in [-0.15, -0.1) is 0 Å². The lowest BCUT2D eigenvalue weighted by Crippen LogP contribution is -2.64. The molecule has 0 radical (unpaired) electrons. The van der Waals surface area contributed by atoms with E-state index in [1.165, 1.54) is 5.43 Å². The number of halogens is 12. The molecule has 0 bridgehead atoms. The molecule has 4 N–H and O–H groups in total. The largest absolute Gasteiger partial charge is 0.418 e. The summed E-state index contributed by atoms with van der Waals surface area (Å²) in [5, 5.41) is 0.604. The number of urea groups is 1. The van der Waals surface area contributed by atoms with E-state index in [1.54, 1.807) is 0 Å². The third kappa shape index (κ3) is 7.33. The van der Waals surface area contributed by atoms with Crippen molar-refractivity contribution in [1.29, 1.82) is 0 Å². The fraction of sp³-hybridized carbons (Fsp3) is 0.273. The average molecular weight is 614 g/mol. The van der Waals surface area contributed by atoms with Gasteiger partial charge < -0.3 is 5.32 Å². The van der Waals surface area contributed by atoms with Crippen LogP contribution >= 0.6 is 23.2 Å². The van der Waals surface area contributed by atoms with Crippen LogP contribution in [-0.2, 0) is 6.18 Å². The lowest BCUT2D eigenvalue weighted by atomic mass is 9.86. The molecule has 2 amide bonds. The van der Waals surface area contributed by atoms with E-state index in [-0.39, 0.29) is 35.2 Å². The van der Waals surface area contributed by atoms with E-state index in [4.69, 9.17) is 23.2 Å².